The van der Waals surface area contributed by atoms with Crippen molar-refractivity contribution in [3.05, 3.63) is 0 Å². The van der Waals surface area contributed by atoms with Crippen molar-refractivity contribution >= 4 is 11.8 Å². The van der Waals surface area contributed by atoms with Gasteiger partial charge in [-0.25, -0.2) is 0 Å². The second kappa shape index (κ2) is 12.9. The minimum absolute atomic E-state index is 0.452. The van der Waals surface area contributed by atoms with E-state index in [1.807, 2.05) is 0 Å². The largest absolute Gasteiger partial charge is 0.148 e. The summed E-state index contributed by atoms with van der Waals surface area (Å²) in [5, 5.41) is 0. The third-order valence-corrected chi connectivity index (χ3v) is 14.1. The zero-order valence-corrected chi connectivity index (χ0v) is 27.1. The van der Waals surface area contributed by atoms with Crippen molar-refractivity contribution in [3.63, 3.8) is 0 Å². The molecule has 4 saturated carbocycles. The first kappa shape index (κ1) is 30.3. The van der Waals surface area contributed by atoms with Crippen LogP contribution in [0, 0.1) is 34.5 Å². The molecular formula is C36H66S. The zero-order chi connectivity index (χ0) is 26.6. The van der Waals surface area contributed by atoms with Crippen LogP contribution < -0.4 is 0 Å². The summed E-state index contributed by atoms with van der Waals surface area (Å²) in [7, 11) is 0. The standard InChI is InChI=1S/C36H66S/c1-33(2,3)29-21-13-15-23-31(29)35(25-17-9-7-10-18-26-35)37-36(27-19-11-8-12-20-28-36)32-24-16-14-22-30(32)34(4,5)6/h29-32H,7-28H2,1-6H3. The number of rotatable bonds is 4. The van der Waals surface area contributed by atoms with E-state index in [1.54, 1.807) is 0 Å². The summed E-state index contributed by atoms with van der Waals surface area (Å²) in [4.78, 5) is 0. The molecule has 4 aliphatic rings. The van der Waals surface area contributed by atoms with Gasteiger partial charge in [-0.15, -0.1) is 11.8 Å². The summed E-state index contributed by atoms with van der Waals surface area (Å²) >= 11 is 2.73. The number of hydrogen-bond donors (Lipinski definition) is 0. The summed E-state index contributed by atoms with van der Waals surface area (Å²) in [6.45, 7) is 15.6. The summed E-state index contributed by atoms with van der Waals surface area (Å²) in [6.07, 6.45) is 33.1. The van der Waals surface area contributed by atoms with Crippen molar-refractivity contribution in [1.29, 1.82) is 0 Å². The monoisotopic (exact) mass is 530 g/mol. The molecule has 216 valence electrons. The highest BCUT2D eigenvalue weighted by Crippen LogP contribution is 2.64. The van der Waals surface area contributed by atoms with E-state index >= 15 is 0 Å². The first-order valence-electron chi connectivity index (χ1n) is 17.3. The highest BCUT2D eigenvalue weighted by molar-refractivity contribution is 8.02. The maximum absolute atomic E-state index is 2.73. The molecule has 4 atom stereocenters. The van der Waals surface area contributed by atoms with Gasteiger partial charge in [0.1, 0.15) is 0 Å². The Morgan fingerprint density at radius 2 is 0.703 bits per heavy atom. The highest BCUT2D eigenvalue weighted by atomic mass is 32.2. The van der Waals surface area contributed by atoms with E-state index < -0.39 is 0 Å². The molecule has 37 heavy (non-hydrogen) atoms. The quantitative estimate of drug-likeness (QED) is 0.348. The SMILES string of the molecule is CC(C)(C)C1CCCCC1C1(SC2(C3CCCCC3C(C)(C)C)CCCCCCC2)CCCCCCC1. The molecule has 0 aliphatic heterocycles. The van der Waals surface area contributed by atoms with Gasteiger partial charge in [0.15, 0.2) is 0 Å². The number of thioether (sulfide) groups is 1. The number of hydrogen-bond acceptors (Lipinski definition) is 1. The summed E-state index contributed by atoms with van der Waals surface area (Å²) in [5.74, 6) is 3.73. The van der Waals surface area contributed by atoms with Gasteiger partial charge in [-0.1, -0.05) is 131 Å². The van der Waals surface area contributed by atoms with E-state index in [-0.39, 0.29) is 0 Å². The summed E-state index contributed by atoms with van der Waals surface area (Å²) in [6, 6.07) is 0. The van der Waals surface area contributed by atoms with Crippen molar-refractivity contribution in [2.45, 2.75) is 192 Å². The first-order valence-corrected chi connectivity index (χ1v) is 18.1. The fourth-order valence-corrected chi connectivity index (χ4v) is 12.8. The van der Waals surface area contributed by atoms with Crippen LogP contribution in [-0.2, 0) is 0 Å². The van der Waals surface area contributed by atoms with Crippen LogP contribution in [0.15, 0.2) is 0 Å². The van der Waals surface area contributed by atoms with Crippen molar-refractivity contribution in [2.75, 3.05) is 0 Å². The summed E-state index contributed by atoms with van der Waals surface area (Å²) < 4.78 is 1.08. The van der Waals surface area contributed by atoms with Gasteiger partial charge < -0.3 is 0 Å². The lowest BCUT2D eigenvalue weighted by atomic mass is 9.60. The molecule has 4 rings (SSSR count). The fourth-order valence-electron chi connectivity index (χ4n) is 10.1. The minimum Gasteiger partial charge on any atom is -0.148 e. The van der Waals surface area contributed by atoms with E-state index in [9.17, 15) is 0 Å². The Kier molecular flexibility index (Phi) is 10.6. The van der Waals surface area contributed by atoms with Crippen LogP contribution in [0.25, 0.3) is 0 Å². The maximum atomic E-state index is 2.73. The Hall–Kier alpha value is 0.350. The average molecular weight is 531 g/mol. The topological polar surface area (TPSA) is 0 Å². The summed E-state index contributed by atoms with van der Waals surface area (Å²) in [5.41, 5.74) is 0.905. The lowest BCUT2D eigenvalue weighted by Gasteiger charge is -2.58. The van der Waals surface area contributed by atoms with Crippen molar-refractivity contribution in [2.24, 2.45) is 34.5 Å². The Morgan fingerprint density at radius 3 is 1.03 bits per heavy atom. The molecule has 4 unspecified atom stereocenters. The van der Waals surface area contributed by atoms with E-state index in [0.29, 0.717) is 20.3 Å². The zero-order valence-electron chi connectivity index (χ0n) is 26.3. The van der Waals surface area contributed by atoms with Crippen molar-refractivity contribution < 1.29 is 0 Å². The van der Waals surface area contributed by atoms with Gasteiger partial charge >= 0.3 is 0 Å². The molecule has 0 bridgehead atoms. The van der Waals surface area contributed by atoms with Crippen LogP contribution >= 0.6 is 11.8 Å². The van der Waals surface area contributed by atoms with Crippen LogP contribution in [0.5, 0.6) is 0 Å². The van der Waals surface area contributed by atoms with Gasteiger partial charge in [0.25, 0.3) is 0 Å². The minimum atomic E-state index is 0.452. The molecule has 0 nitrogen and oxygen atoms in total. The van der Waals surface area contributed by atoms with Crippen LogP contribution in [0.4, 0.5) is 0 Å². The van der Waals surface area contributed by atoms with Crippen LogP contribution in [0.3, 0.4) is 0 Å². The first-order chi connectivity index (χ1) is 17.6. The Labute approximate surface area is 238 Å². The van der Waals surface area contributed by atoms with Crippen LogP contribution in [0.2, 0.25) is 0 Å². The molecule has 4 aliphatic carbocycles. The Bertz CT molecular complexity index is 604. The molecule has 0 heterocycles. The Morgan fingerprint density at radius 1 is 0.405 bits per heavy atom. The average Bonchev–Trinajstić information content (AvgIpc) is 2.82. The molecule has 4 fully saturated rings. The van der Waals surface area contributed by atoms with Gasteiger partial charge in [0, 0.05) is 9.49 Å². The predicted octanol–water partition coefficient (Wildman–Crippen LogP) is 12.4. The van der Waals surface area contributed by atoms with Gasteiger partial charge in [-0.2, -0.15) is 0 Å². The molecule has 0 aromatic carbocycles. The second-order valence-corrected chi connectivity index (χ2v) is 18.3. The molecule has 1 heteroatoms. The molecule has 0 aromatic rings. The van der Waals surface area contributed by atoms with Gasteiger partial charge in [-0.3, -0.25) is 0 Å². The lowest BCUT2D eigenvalue weighted by molar-refractivity contribution is 0.0586. The van der Waals surface area contributed by atoms with Crippen LogP contribution in [0.1, 0.15) is 183 Å². The van der Waals surface area contributed by atoms with E-state index in [4.69, 9.17) is 0 Å². The lowest BCUT2D eigenvalue weighted by Crippen LogP contribution is -2.52. The van der Waals surface area contributed by atoms with Crippen LogP contribution in [-0.4, -0.2) is 9.49 Å². The third kappa shape index (κ3) is 7.36. The molecular weight excluding hydrogens is 464 g/mol. The normalized spacial score (nSPS) is 34.5. The molecule has 0 spiro atoms. The predicted molar refractivity (Wildman–Crippen MR) is 167 cm³/mol. The second-order valence-electron chi connectivity index (χ2n) is 16.5. The van der Waals surface area contributed by atoms with Gasteiger partial charge in [-0.05, 0) is 85.9 Å². The van der Waals surface area contributed by atoms with Gasteiger partial charge in [0.2, 0.25) is 0 Å². The fraction of sp³-hybridized carbons (Fsp3) is 1.00. The van der Waals surface area contributed by atoms with E-state index in [2.05, 4.69) is 53.3 Å². The van der Waals surface area contributed by atoms with Crippen molar-refractivity contribution in [3.8, 4) is 0 Å². The third-order valence-electron chi connectivity index (χ3n) is 11.9. The highest BCUT2D eigenvalue weighted by Gasteiger charge is 2.54. The maximum Gasteiger partial charge on any atom is 0.0196 e. The van der Waals surface area contributed by atoms with E-state index in [0.717, 1.165) is 23.7 Å². The molecule has 0 saturated heterocycles. The van der Waals surface area contributed by atoms with Gasteiger partial charge in [0.05, 0.1) is 0 Å². The molecule has 0 radical (unpaired) electrons. The molecule has 0 amide bonds. The van der Waals surface area contributed by atoms with E-state index in [1.165, 1.54) is 141 Å². The Balaban J connectivity index is 1.78. The molecule has 0 aromatic heterocycles. The molecule has 0 N–H and O–H groups in total. The smallest absolute Gasteiger partial charge is 0.0196 e. The van der Waals surface area contributed by atoms with Crippen molar-refractivity contribution in [1.82, 2.24) is 0 Å².